The monoisotopic (exact) mass is 426 g/mol. The molecule has 26 heavy (non-hydrogen) atoms. The quantitative estimate of drug-likeness (QED) is 0.211. The molecule has 1 aliphatic heterocycles. The highest BCUT2D eigenvalue weighted by molar-refractivity contribution is 8.60. The predicted octanol–water partition coefficient (Wildman–Crippen LogP) is 5.74. The van der Waals surface area contributed by atoms with Gasteiger partial charge < -0.3 is 18.9 Å². The Hall–Kier alpha value is 0.840. The van der Waals surface area contributed by atoms with Crippen LogP contribution in [-0.2, 0) is 25.6 Å². The van der Waals surface area contributed by atoms with Crippen molar-refractivity contribution in [3.63, 3.8) is 0 Å². The first-order valence-electron chi connectivity index (χ1n) is 10.2. The summed E-state index contributed by atoms with van der Waals surface area (Å²) in [6, 6.07) is 0. The van der Waals surface area contributed by atoms with Gasteiger partial charge in [0.1, 0.15) is 0 Å². The van der Waals surface area contributed by atoms with E-state index < -0.39 is 5.69 Å². The van der Waals surface area contributed by atoms with Crippen LogP contribution in [0, 0.1) is 10.8 Å². The molecule has 0 bridgehead atoms. The fourth-order valence-electron chi connectivity index (χ4n) is 3.99. The minimum atomic E-state index is -2.30. The lowest BCUT2D eigenvalue weighted by Crippen LogP contribution is -2.35. The van der Waals surface area contributed by atoms with Crippen LogP contribution in [0.5, 0.6) is 0 Å². The van der Waals surface area contributed by atoms with Crippen molar-refractivity contribution in [2.75, 3.05) is 33.0 Å². The predicted molar refractivity (Wildman–Crippen MR) is 117 cm³/mol. The van der Waals surface area contributed by atoms with E-state index in [-0.39, 0.29) is 17.4 Å². The molecule has 0 aromatic carbocycles. The van der Waals surface area contributed by atoms with E-state index in [9.17, 15) is 5.11 Å². The van der Waals surface area contributed by atoms with Gasteiger partial charge in [0.15, 0.2) is 0 Å². The van der Waals surface area contributed by atoms with Gasteiger partial charge in [-0.3, -0.25) is 0 Å². The number of unbranched alkanes of at least 4 members (excludes halogenated alkanes) is 1. The molecule has 0 aromatic heterocycles. The van der Waals surface area contributed by atoms with Gasteiger partial charge in [0, 0.05) is 17.4 Å². The number of aliphatic hydroxyl groups is 1. The van der Waals surface area contributed by atoms with Crippen LogP contribution in [-0.4, -0.2) is 38.1 Å². The minimum absolute atomic E-state index is 0.0545. The van der Waals surface area contributed by atoms with Crippen LogP contribution in [0.1, 0.15) is 78.6 Å². The SMILES string of the molecule is CCCC(CO)(CCC)COCCCCC1(CCC)COP(=S)(S)OC1. The lowest BCUT2D eigenvalue weighted by Gasteiger charge is -2.40. The number of hydrogen-bond acceptors (Lipinski definition) is 5. The molecule has 4 nitrogen and oxygen atoms in total. The first-order valence-corrected chi connectivity index (χ1v) is 14.0. The molecule has 1 heterocycles. The van der Waals surface area contributed by atoms with Crippen LogP contribution in [0.25, 0.3) is 0 Å². The van der Waals surface area contributed by atoms with Gasteiger partial charge in [0.05, 0.1) is 26.4 Å². The van der Waals surface area contributed by atoms with Gasteiger partial charge in [-0.05, 0) is 43.9 Å². The van der Waals surface area contributed by atoms with Crippen molar-refractivity contribution in [2.24, 2.45) is 10.8 Å². The van der Waals surface area contributed by atoms with Gasteiger partial charge in [-0.15, -0.1) is 0 Å². The summed E-state index contributed by atoms with van der Waals surface area (Å²) in [5, 5.41) is 9.83. The zero-order chi connectivity index (χ0) is 19.5. The van der Waals surface area contributed by atoms with Gasteiger partial charge in [0.25, 0.3) is 0 Å². The van der Waals surface area contributed by atoms with Crippen molar-refractivity contribution in [3.05, 3.63) is 0 Å². The van der Waals surface area contributed by atoms with Crippen LogP contribution in [0.3, 0.4) is 0 Å². The Labute approximate surface area is 171 Å². The topological polar surface area (TPSA) is 47.9 Å². The van der Waals surface area contributed by atoms with Gasteiger partial charge in [-0.1, -0.05) is 58.7 Å². The van der Waals surface area contributed by atoms with Crippen molar-refractivity contribution < 1.29 is 18.9 Å². The molecule has 0 spiro atoms. The Bertz CT molecular complexity index is 416. The normalized spacial score (nSPS) is 27.0. The molecule has 1 saturated heterocycles. The summed E-state index contributed by atoms with van der Waals surface area (Å²) in [5.74, 6) is 0. The molecule has 0 radical (unpaired) electrons. The maximum atomic E-state index is 9.83. The van der Waals surface area contributed by atoms with Crippen LogP contribution >= 0.6 is 17.9 Å². The first-order chi connectivity index (χ1) is 12.4. The number of aliphatic hydroxyl groups excluding tert-OH is 1. The summed E-state index contributed by atoms with van der Waals surface area (Å²) >= 11 is 9.54. The van der Waals surface area contributed by atoms with Crippen molar-refractivity contribution >= 4 is 29.7 Å². The summed E-state index contributed by atoms with van der Waals surface area (Å²) in [7, 11) is 0. The smallest absolute Gasteiger partial charge is 0.244 e. The Morgan fingerprint density at radius 3 is 2.19 bits per heavy atom. The van der Waals surface area contributed by atoms with Gasteiger partial charge in [-0.2, -0.15) is 0 Å². The summed E-state index contributed by atoms with van der Waals surface area (Å²) in [4.78, 5) is 0. The molecule has 156 valence electrons. The van der Waals surface area contributed by atoms with Crippen LogP contribution in [0.2, 0.25) is 0 Å². The molecule has 7 heteroatoms. The highest BCUT2D eigenvalue weighted by atomic mass is 32.9. The molecule has 0 saturated carbocycles. The maximum absolute atomic E-state index is 9.83. The Morgan fingerprint density at radius 1 is 1.08 bits per heavy atom. The fraction of sp³-hybridized carbons (Fsp3) is 1.00. The zero-order valence-electron chi connectivity index (χ0n) is 16.9. The van der Waals surface area contributed by atoms with E-state index in [1.807, 2.05) is 0 Å². The van der Waals surface area contributed by atoms with E-state index in [4.69, 9.17) is 25.6 Å². The highest BCUT2D eigenvalue weighted by Gasteiger charge is 2.37. The Balaban J connectivity index is 2.34. The van der Waals surface area contributed by atoms with Gasteiger partial charge in [0.2, 0.25) is 5.69 Å². The lowest BCUT2D eigenvalue weighted by atomic mass is 9.80. The average Bonchev–Trinajstić information content (AvgIpc) is 2.61. The third-order valence-corrected chi connectivity index (χ3v) is 7.63. The highest BCUT2D eigenvalue weighted by Crippen LogP contribution is 2.59. The molecule has 1 rings (SSSR count). The number of thiol groups is 1. The summed E-state index contributed by atoms with van der Waals surface area (Å²) in [5.41, 5.74) is -2.27. The third-order valence-electron chi connectivity index (χ3n) is 5.40. The average molecular weight is 427 g/mol. The lowest BCUT2D eigenvalue weighted by molar-refractivity contribution is -0.00987. The molecule has 0 aliphatic carbocycles. The Kier molecular flexibility index (Phi) is 11.9. The number of hydrogen-bond donors (Lipinski definition) is 2. The van der Waals surface area contributed by atoms with Gasteiger partial charge >= 0.3 is 0 Å². The van der Waals surface area contributed by atoms with Crippen LogP contribution in [0.15, 0.2) is 0 Å². The van der Waals surface area contributed by atoms with Crippen molar-refractivity contribution in [1.29, 1.82) is 0 Å². The molecule has 1 fully saturated rings. The van der Waals surface area contributed by atoms with Crippen LogP contribution < -0.4 is 0 Å². The zero-order valence-corrected chi connectivity index (χ0v) is 19.5. The van der Waals surface area contributed by atoms with Crippen molar-refractivity contribution in [2.45, 2.75) is 78.6 Å². The molecule has 0 atom stereocenters. The molecule has 0 aromatic rings. The molecule has 0 unspecified atom stereocenters. The van der Waals surface area contributed by atoms with E-state index in [0.29, 0.717) is 19.8 Å². The molecule has 1 aliphatic rings. The number of ether oxygens (including phenoxy) is 1. The molecular weight excluding hydrogens is 387 g/mol. The summed E-state index contributed by atoms with van der Waals surface area (Å²) in [6.45, 7) is 9.53. The Morgan fingerprint density at radius 2 is 1.69 bits per heavy atom. The van der Waals surface area contributed by atoms with Gasteiger partial charge in [-0.25, -0.2) is 0 Å². The number of rotatable bonds is 14. The minimum Gasteiger partial charge on any atom is -0.396 e. The van der Waals surface area contributed by atoms with Crippen molar-refractivity contribution in [1.82, 2.24) is 0 Å². The standard InChI is InChI=1S/C19H39O4PS2/c1-4-9-18(14-20,10-5-2)15-21-13-8-7-12-19(11-6-3)16-22-24(25,26)23-17-19/h20H,4-17H2,1-3H3,(H,25,26). The summed E-state index contributed by atoms with van der Waals surface area (Å²) < 4.78 is 17.4. The second-order valence-electron chi connectivity index (χ2n) is 7.93. The maximum Gasteiger partial charge on any atom is 0.244 e. The van der Waals surface area contributed by atoms with E-state index in [0.717, 1.165) is 64.4 Å². The summed E-state index contributed by atoms with van der Waals surface area (Å²) in [6.07, 6.45) is 9.63. The molecule has 0 amide bonds. The van der Waals surface area contributed by atoms with E-state index in [2.05, 4.69) is 33.0 Å². The van der Waals surface area contributed by atoms with Crippen molar-refractivity contribution in [3.8, 4) is 0 Å². The first kappa shape index (κ1) is 24.9. The third kappa shape index (κ3) is 8.46. The van der Waals surface area contributed by atoms with E-state index >= 15 is 0 Å². The second-order valence-corrected chi connectivity index (χ2v) is 13.2. The van der Waals surface area contributed by atoms with E-state index in [1.165, 1.54) is 0 Å². The van der Waals surface area contributed by atoms with Crippen LogP contribution in [0.4, 0.5) is 0 Å². The second kappa shape index (κ2) is 12.4. The molecule has 1 N–H and O–H groups in total. The van der Waals surface area contributed by atoms with E-state index in [1.54, 1.807) is 0 Å². The molecular formula is C19H39O4PS2. The largest absolute Gasteiger partial charge is 0.396 e. The fourth-order valence-corrected chi connectivity index (χ4v) is 5.60.